The average molecular weight is 339 g/mol. The van der Waals surface area contributed by atoms with E-state index in [1.54, 1.807) is 0 Å². The summed E-state index contributed by atoms with van der Waals surface area (Å²) < 4.78 is 0.992. The van der Waals surface area contributed by atoms with E-state index in [9.17, 15) is 9.90 Å². The van der Waals surface area contributed by atoms with Crippen LogP contribution in [0, 0.1) is 11.8 Å². The Bertz CT molecular complexity index is 441. The van der Waals surface area contributed by atoms with Gasteiger partial charge in [-0.2, -0.15) is 0 Å². The van der Waals surface area contributed by atoms with E-state index in [-0.39, 0.29) is 11.7 Å². The molecule has 1 fully saturated rings. The number of aliphatic hydroxyl groups is 1. The Labute approximate surface area is 129 Å². The van der Waals surface area contributed by atoms with Gasteiger partial charge >= 0.3 is 0 Å². The first-order chi connectivity index (χ1) is 9.63. The normalized spacial score (nSPS) is 24.6. The van der Waals surface area contributed by atoms with Crippen LogP contribution in [0.2, 0.25) is 0 Å². The Morgan fingerprint density at radius 2 is 2.05 bits per heavy atom. The second kappa shape index (κ2) is 7.37. The maximum atomic E-state index is 12.3. The van der Waals surface area contributed by atoms with Crippen LogP contribution in [-0.4, -0.2) is 10.9 Å². The van der Waals surface area contributed by atoms with Crippen molar-refractivity contribution in [1.29, 1.82) is 0 Å². The van der Waals surface area contributed by atoms with E-state index in [0.717, 1.165) is 42.1 Å². The summed E-state index contributed by atoms with van der Waals surface area (Å²) in [7, 11) is 0. The van der Waals surface area contributed by atoms with E-state index in [4.69, 9.17) is 0 Å². The average Bonchev–Trinajstić information content (AvgIpc) is 2.45. The summed E-state index contributed by atoms with van der Waals surface area (Å²) in [5, 5.41) is 10.6. The molecule has 0 aromatic heterocycles. The fourth-order valence-electron chi connectivity index (χ4n) is 3.24. The minimum absolute atomic E-state index is 0.212. The van der Waals surface area contributed by atoms with E-state index < -0.39 is 6.10 Å². The smallest absolute Gasteiger partial charge is 0.139 e. The molecule has 1 saturated carbocycles. The summed E-state index contributed by atoms with van der Waals surface area (Å²) in [6, 6.07) is 7.67. The Morgan fingerprint density at radius 1 is 1.35 bits per heavy atom. The first kappa shape index (κ1) is 15.7. The highest BCUT2D eigenvalue weighted by molar-refractivity contribution is 9.10. The molecule has 1 aromatic rings. The molecule has 20 heavy (non-hydrogen) atoms. The van der Waals surface area contributed by atoms with E-state index >= 15 is 0 Å². The molecule has 0 heterocycles. The number of Topliss-reactive ketones (excluding diaryl/α,β-unsaturated/α-hetero) is 1. The summed E-state index contributed by atoms with van der Waals surface area (Å²) in [4.78, 5) is 12.3. The number of unbranched alkanes of at least 4 members (excludes halogenated alkanes) is 1. The zero-order chi connectivity index (χ0) is 14.5. The molecule has 110 valence electrons. The summed E-state index contributed by atoms with van der Waals surface area (Å²) in [6.45, 7) is 2.17. The number of halogens is 1. The molecule has 3 atom stereocenters. The van der Waals surface area contributed by atoms with Gasteiger partial charge in [-0.1, -0.05) is 47.8 Å². The summed E-state index contributed by atoms with van der Waals surface area (Å²) in [5.41, 5.74) is 0.856. The zero-order valence-corrected chi connectivity index (χ0v) is 13.6. The molecule has 0 bridgehead atoms. The summed E-state index contributed by atoms with van der Waals surface area (Å²) in [6.07, 6.45) is 5.37. The Hall–Kier alpha value is -0.670. The van der Waals surface area contributed by atoms with Crippen LogP contribution in [0.25, 0.3) is 0 Å². The van der Waals surface area contributed by atoms with Gasteiger partial charge in [0.1, 0.15) is 5.78 Å². The van der Waals surface area contributed by atoms with Crippen molar-refractivity contribution in [1.82, 2.24) is 0 Å². The maximum absolute atomic E-state index is 12.3. The highest BCUT2D eigenvalue weighted by Gasteiger charge is 2.37. The number of carbonyl (C=O) groups excluding carboxylic acids is 1. The molecule has 0 saturated heterocycles. The lowest BCUT2D eigenvalue weighted by atomic mass is 9.72. The van der Waals surface area contributed by atoms with Crippen LogP contribution in [0.5, 0.6) is 0 Å². The number of ketones is 1. The largest absolute Gasteiger partial charge is 0.388 e. The third kappa shape index (κ3) is 3.70. The van der Waals surface area contributed by atoms with Gasteiger partial charge in [-0.05, 0) is 42.9 Å². The summed E-state index contributed by atoms with van der Waals surface area (Å²) in [5.74, 6) is 0.374. The molecule has 1 aliphatic carbocycles. The van der Waals surface area contributed by atoms with Crippen LogP contribution in [-0.2, 0) is 4.79 Å². The third-order valence-corrected chi connectivity index (χ3v) is 4.89. The van der Waals surface area contributed by atoms with Crippen molar-refractivity contribution in [3.8, 4) is 0 Å². The molecule has 2 rings (SSSR count). The van der Waals surface area contributed by atoms with Crippen molar-refractivity contribution in [3.63, 3.8) is 0 Å². The van der Waals surface area contributed by atoms with Crippen molar-refractivity contribution in [3.05, 3.63) is 34.3 Å². The van der Waals surface area contributed by atoms with E-state index in [1.165, 1.54) is 0 Å². The molecule has 1 N–H and O–H groups in total. The van der Waals surface area contributed by atoms with Crippen LogP contribution in [0.3, 0.4) is 0 Å². The van der Waals surface area contributed by atoms with Gasteiger partial charge in [0.2, 0.25) is 0 Å². The highest BCUT2D eigenvalue weighted by Crippen LogP contribution is 2.39. The number of hydrogen-bond donors (Lipinski definition) is 1. The second-order valence-electron chi connectivity index (χ2n) is 5.78. The monoisotopic (exact) mass is 338 g/mol. The van der Waals surface area contributed by atoms with Crippen molar-refractivity contribution < 1.29 is 9.90 Å². The highest BCUT2D eigenvalue weighted by atomic mass is 79.9. The molecule has 0 amide bonds. The van der Waals surface area contributed by atoms with E-state index in [0.29, 0.717) is 12.3 Å². The fraction of sp³-hybridized carbons (Fsp3) is 0.588. The number of rotatable bonds is 5. The number of aliphatic hydroxyl groups excluding tert-OH is 1. The standard InChI is InChI=1S/C17H23BrO2/c1-2-3-5-12-6-4-7-15(19)16(12)17(20)13-8-10-14(18)11-9-13/h8-12,16-17,20H,2-7H2,1H3. The molecule has 1 aliphatic rings. The zero-order valence-electron chi connectivity index (χ0n) is 12.0. The Morgan fingerprint density at radius 3 is 2.70 bits per heavy atom. The minimum atomic E-state index is -0.655. The van der Waals surface area contributed by atoms with Crippen molar-refractivity contribution >= 4 is 21.7 Å². The van der Waals surface area contributed by atoms with Gasteiger partial charge < -0.3 is 5.11 Å². The van der Waals surface area contributed by atoms with Gasteiger partial charge in [0.15, 0.2) is 0 Å². The van der Waals surface area contributed by atoms with Gasteiger partial charge in [-0.3, -0.25) is 4.79 Å². The maximum Gasteiger partial charge on any atom is 0.139 e. The predicted octanol–water partition coefficient (Wildman–Crippen LogP) is 4.66. The lowest BCUT2D eigenvalue weighted by Crippen LogP contribution is -2.33. The third-order valence-electron chi connectivity index (χ3n) is 4.36. The second-order valence-corrected chi connectivity index (χ2v) is 6.70. The molecule has 0 aliphatic heterocycles. The van der Waals surface area contributed by atoms with Gasteiger partial charge in [0.05, 0.1) is 12.0 Å². The van der Waals surface area contributed by atoms with Crippen molar-refractivity contribution in [2.45, 2.75) is 51.6 Å². The van der Waals surface area contributed by atoms with Gasteiger partial charge in [0.25, 0.3) is 0 Å². The van der Waals surface area contributed by atoms with Gasteiger partial charge in [0, 0.05) is 10.9 Å². The number of benzene rings is 1. The van der Waals surface area contributed by atoms with Gasteiger partial charge in [-0.25, -0.2) is 0 Å². The molecule has 1 aromatic carbocycles. The van der Waals surface area contributed by atoms with Crippen molar-refractivity contribution in [2.75, 3.05) is 0 Å². The van der Waals surface area contributed by atoms with Crippen LogP contribution >= 0.6 is 15.9 Å². The SMILES string of the molecule is CCCCC1CCCC(=O)C1C(O)c1ccc(Br)cc1. The minimum Gasteiger partial charge on any atom is -0.388 e. The Balaban J connectivity index is 2.16. The van der Waals surface area contributed by atoms with Crippen LogP contribution in [0.4, 0.5) is 0 Å². The van der Waals surface area contributed by atoms with Crippen LogP contribution < -0.4 is 0 Å². The topological polar surface area (TPSA) is 37.3 Å². The first-order valence-corrected chi connectivity index (χ1v) is 8.39. The lowest BCUT2D eigenvalue weighted by Gasteiger charge is -2.34. The van der Waals surface area contributed by atoms with E-state index in [1.807, 2.05) is 24.3 Å². The predicted molar refractivity (Wildman–Crippen MR) is 84.5 cm³/mol. The molecule has 3 heteroatoms. The number of hydrogen-bond acceptors (Lipinski definition) is 2. The summed E-state index contributed by atoms with van der Waals surface area (Å²) >= 11 is 3.40. The quantitative estimate of drug-likeness (QED) is 0.847. The lowest BCUT2D eigenvalue weighted by molar-refractivity contribution is -0.132. The first-order valence-electron chi connectivity index (χ1n) is 7.59. The molecule has 0 spiro atoms. The van der Waals surface area contributed by atoms with E-state index in [2.05, 4.69) is 22.9 Å². The van der Waals surface area contributed by atoms with Crippen LogP contribution in [0.15, 0.2) is 28.7 Å². The molecule has 3 unspecified atom stereocenters. The Kier molecular flexibility index (Phi) is 5.79. The molecular weight excluding hydrogens is 316 g/mol. The molecule has 2 nitrogen and oxygen atoms in total. The fourth-order valence-corrected chi connectivity index (χ4v) is 3.50. The number of carbonyl (C=O) groups is 1. The van der Waals surface area contributed by atoms with Crippen LogP contribution in [0.1, 0.15) is 57.1 Å². The molecule has 0 radical (unpaired) electrons. The van der Waals surface area contributed by atoms with Crippen molar-refractivity contribution in [2.24, 2.45) is 11.8 Å². The van der Waals surface area contributed by atoms with Gasteiger partial charge in [-0.15, -0.1) is 0 Å². The molecular formula is C17H23BrO2.